The number of rotatable bonds is 9. The van der Waals surface area contributed by atoms with Crippen LogP contribution in [-0.2, 0) is 16.6 Å². The Balaban J connectivity index is 1.68. The summed E-state index contributed by atoms with van der Waals surface area (Å²) in [5, 5.41) is 12.4. The lowest BCUT2D eigenvalue weighted by molar-refractivity contribution is 0.0697. The molecule has 7 nitrogen and oxygen atoms in total. The number of nitrogens with one attached hydrogen (secondary N) is 2. The van der Waals surface area contributed by atoms with Gasteiger partial charge in [0.2, 0.25) is 10.0 Å². The average Bonchev–Trinajstić information content (AvgIpc) is 3.20. The zero-order valence-electron chi connectivity index (χ0n) is 15.5. The van der Waals surface area contributed by atoms with Crippen LogP contribution in [0.5, 0.6) is 0 Å². The molecule has 0 bridgehead atoms. The summed E-state index contributed by atoms with van der Waals surface area (Å²) in [5.74, 6) is -0.557. The summed E-state index contributed by atoms with van der Waals surface area (Å²) < 4.78 is 32.9. The summed E-state index contributed by atoms with van der Waals surface area (Å²) in [4.78, 5) is 11.5. The molecule has 8 heteroatoms. The molecule has 0 fully saturated rings. The van der Waals surface area contributed by atoms with E-state index in [-0.39, 0.29) is 10.5 Å². The third kappa shape index (κ3) is 5.24. The number of allylic oxidation sites excluding steroid dienone is 1. The van der Waals surface area contributed by atoms with Gasteiger partial charge in [-0.15, -0.1) is 0 Å². The van der Waals surface area contributed by atoms with Crippen LogP contribution in [0.4, 0.5) is 5.69 Å². The van der Waals surface area contributed by atoms with Crippen LogP contribution < -0.4 is 10.0 Å². The van der Waals surface area contributed by atoms with Gasteiger partial charge >= 0.3 is 5.97 Å². The Labute approximate surface area is 164 Å². The number of sulfonamides is 1. The molecular weight excluding hydrogens is 380 g/mol. The largest absolute Gasteiger partial charge is 0.478 e. The topological polar surface area (TPSA) is 109 Å². The van der Waals surface area contributed by atoms with Gasteiger partial charge in [0.25, 0.3) is 0 Å². The van der Waals surface area contributed by atoms with Crippen molar-refractivity contribution >= 4 is 21.7 Å². The number of benzene rings is 1. The Morgan fingerprint density at radius 1 is 1.21 bits per heavy atom. The van der Waals surface area contributed by atoms with E-state index in [0.29, 0.717) is 31.0 Å². The highest BCUT2D eigenvalue weighted by atomic mass is 32.2. The summed E-state index contributed by atoms with van der Waals surface area (Å²) in [7, 11) is -3.78. The fraction of sp³-hybridized carbons (Fsp3) is 0.350. The Bertz CT molecular complexity index is 949. The molecule has 1 aliphatic rings. The highest BCUT2D eigenvalue weighted by Gasteiger charge is 2.19. The van der Waals surface area contributed by atoms with Crippen LogP contribution in [-0.4, -0.2) is 26.0 Å². The van der Waals surface area contributed by atoms with E-state index in [1.54, 1.807) is 12.1 Å². The Morgan fingerprint density at radius 3 is 2.75 bits per heavy atom. The standard InChI is InChI=1S/C20H24N2O5S/c23-20(24)18-13-17(8-9-19(18)21-14-16-7-4-12-27-16)28(25,26)22-11-10-15-5-2-1-3-6-15/h4-5,7-9,12-13,21-22H,1-3,6,10-11,14H2,(H,23,24). The second-order valence-corrected chi connectivity index (χ2v) is 8.47. The van der Waals surface area contributed by atoms with Gasteiger partial charge in [-0.25, -0.2) is 17.9 Å². The molecular formula is C20H24N2O5S. The van der Waals surface area contributed by atoms with Gasteiger partial charge in [0.1, 0.15) is 5.76 Å². The number of hydrogen-bond acceptors (Lipinski definition) is 5. The van der Waals surface area contributed by atoms with Gasteiger partial charge in [-0.1, -0.05) is 11.6 Å². The van der Waals surface area contributed by atoms with Gasteiger partial charge < -0.3 is 14.8 Å². The SMILES string of the molecule is O=C(O)c1cc(S(=O)(=O)NCCC2=CCCCC2)ccc1NCc1ccco1. The molecule has 0 aliphatic heterocycles. The zero-order chi connectivity index (χ0) is 20.0. The highest BCUT2D eigenvalue weighted by molar-refractivity contribution is 7.89. The molecule has 0 saturated heterocycles. The third-order valence-electron chi connectivity index (χ3n) is 4.69. The van der Waals surface area contributed by atoms with Crippen molar-refractivity contribution in [1.82, 2.24) is 4.72 Å². The Hall–Kier alpha value is -2.58. The summed E-state index contributed by atoms with van der Waals surface area (Å²) in [6, 6.07) is 7.54. The predicted molar refractivity (Wildman–Crippen MR) is 106 cm³/mol. The van der Waals surface area contributed by atoms with E-state index in [4.69, 9.17) is 4.42 Å². The monoisotopic (exact) mass is 404 g/mol. The first-order valence-electron chi connectivity index (χ1n) is 9.27. The van der Waals surface area contributed by atoms with Crippen LogP contribution >= 0.6 is 0 Å². The van der Waals surface area contributed by atoms with E-state index < -0.39 is 16.0 Å². The van der Waals surface area contributed by atoms with Crippen molar-refractivity contribution in [3.05, 3.63) is 59.6 Å². The van der Waals surface area contributed by atoms with Crippen molar-refractivity contribution in [3.8, 4) is 0 Å². The van der Waals surface area contributed by atoms with E-state index in [1.807, 2.05) is 0 Å². The molecule has 2 aromatic rings. The van der Waals surface area contributed by atoms with E-state index in [2.05, 4.69) is 16.1 Å². The maximum Gasteiger partial charge on any atom is 0.337 e. The molecule has 150 valence electrons. The summed E-state index contributed by atoms with van der Waals surface area (Å²) in [6.45, 7) is 0.599. The van der Waals surface area contributed by atoms with Crippen molar-refractivity contribution in [1.29, 1.82) is 0 Å². The minimum absolute atomic E-state index is 0.0638. The fourth-order valence-corrected chi connectivity index (χ4v) is 4.24. The van der Waals surface area contributed by atoms with Crippen LogP contribution in [0, 0.1) is 0 Å². The number of hydrogen-bond donors (Lipinski definition) is 3. The van der Waals surface area contributed by atoms with Crippen LogP contribution in [0.25, 0.3) is 0 Å². The van der Waals surface area contributed by atoms with Gasteiger partial charge in [-0.2, -0.15) is 0 Å². The predicted octanol–water partition coefficient (Wildman–Crippen LogP) is 3.76. The molecule has 0 radical (unpaired) electrons. The first kappa shape index (κ1) is 20.2. The van der Waals surface area contributed by atoms with Crippen LogP contribution in [0.2, 0.25) is 0 Å². The molecule has 0 atom stereocenters. The molecule has 1 aromatic carbocycles. The van der Waals surface area contributed by atoms with Crippen LogP contribution in [0.15, 0.2) is 57.6 Å². The molecule has 1 aliphatic carbocycles. The number of furan rings is 1. The maximum absolute atomic E-state index is 12.5. The van der Waals surface area contributed by atoms with E-state index >= 15 is 0 Å². The lowest BCUT2D eigenvalue weighted by Gasteiger charge is -2.14. The number of carbonyl (C=O) groups is 1. The van der Waals surface area contributed by atoms with E-state index in [9.17, 15) is 18.3 Å². The molecule has 1 heterocycles. The first-order chi connectivity index (χ1) is 13.5. The van der Waals surface area contributed by atoms with E-state index in [0.717, 1.165) is 19.3 Å². The maximum atomic E-state index is 12.5. The van der Waals surface area contributed by atoms with E-state index in [1.165, 1.54) is 36.5 Å². The Morgan fingerprint density at radius 2 is 2.07 bits per heavy atom. The fourth-order valence-electron chi connectivity index (χ4n) is 3.18. The number of carboxylic acid groups (broad SMARTS) is 1. The molecule has 0 amide bonds. The summed E-state index contributed by atoms with van der Waals surface area (Å²) >= 11 is 0. The Kier molecular flexibility index (Phi) is 6.53. The van der Waals surface area contributed by atoms with Crippen molar-refractivity contribution in [2.24, 2.45) is 0 Å². The lowest BCUT2D eigenvalue weighted by Crippen LogP contribution is -2.25. The number of aromatic carboxylic acids is 1. The second kappa shape index (κ2) is 9.07. The normalized spacial score (nSPS) is 14.5. The van der Waals surface area contributed by atoms with Gasteiger partial charge in [-0.3, -0.25) is 0 Å². The third-order valence-corrected chi connectivity index (χ3v) is 6.15. The molecule has 0 spiro atoms. The molecule has 3 N–H and O–H groups in total. The molecule has 3 rings (SSSR count). The van der Waals surface area contributed by atoms with Gasteiger partial charge in [0, 0.05) is 12.2 Å². The smallest absolute Gasteiger partial charge is 0.337 e. The molecule has 1 aromatic heterocycles. The molecule has 0 unspecified atom stereocenters. The van der Waals surface area contributed by atoms with Gasteiger partial charge in [0.05, 0.1) is 23.3 Å². The van der Waals surface area contributed by atoms with Crippen molar-refractivity contribution < 1.29 is 22.7 Å². The van der Waals surface area contributed by atoms with Crippen molar-refractivity contribution in [2.75, 3.05) is 11.9 Å². The minimum Gasteiger partial charge on any atom is -0.478 e. The van der Waals surface area contributed by atoms with Crippen molar-refractivity contribution in [2.45, 2.75) is 43.5 Å². The number of anilines is 1. The van der Waals surface area contributed by atoms with Crippen LogP contribution in [0.1, 0.15) is 48.2 Å². The zero-order valence-corrected chi connectivity index (χ0v) is 16.3. The second-order valence-electron chi connectivity index (χ2n) is 6.70. The first-order valence-corrected chi connectivity index (χ1v) is 10.8. The lowest BCUT2D eigenvalue weighted by atomic mass is 9.97. The highest BCUT2D eigenvalue weighted by Crippen LogP contribution is 2.23. The summed E-state index contributed by atoms with van der Waals surface area (Å²) in [5.41, 5.74) is 1.50. The molecule has 28 heavy (non-hydrogen) atoms. The quantitative estimate of drug-likeness (QED) is 0.549. The minimum atomic E-state index is -3.78. The molecule has 0 saturated carbocycles. The summed E-state index contributed by atoms with van der Waals surface area (Å²) in [6.07, 6.45) is 8.78. The van der Waals surface area contributed by atoms with Gasteiger partial charge in [0.15, 0.2) is 0 Å². The average molecular weight is 404 g/mol. The number of carboxylic acids is 1. The van der Waals surface area contributed by atoms with Crippen LogP contribution in [0.3, 0.4) is 0 Å². The van der Waals surface area contributed by atoms with Gasteiger partial charge in [-0.05, 0) is 62.4 Å². The van der Waals surface area contributed by atoms with Crippen molar-refractivity contribution in [3.63, 3.8) is 0 Å².